The maximum absolute atomic E-state index is 12.3. The van der Waals surface area contributed by atoms with Crippen LogP contribution in [0.3, 0.4) is 0 Å². The average Bonchev–Trinajstić information content (AvgIpc) is 2.74. The number of benzene rings is 1. The summed E-state index contributed by atoms with van der Waals surface area (Å²) < 4.78 is 0. The molecule has 1 saturated heterocycles. The third-order valence-electron chi connectivity index (χ3n) is 4.08. The van der Waals surface area contributed by atoms with Crippen molar-refractivity contribution in [3.05, 3.63) is 40.8 Å². The van der Waals surface area contributed by atoms with E-state index in [-0.39, 0.29) is 29.5 Å². The van der Waals surface area contributed by atoms with E-state index in [1.165, 1.54) is 4.90 Å². The van der Waals surface area contributed by atoms with E-state index in [0.29, 0.717) is 11.4 Å². The lowest BCUT2D eigenvalue weighted by Gasteiger charge is -2.24. The van der Waals surface area contributed by atoms with E-state index in [1.807, 2.05) is 30.3 Å². The number of rotatable bonds is 5. The van der Waals surface area contributed by atoms with Crippen LogP contribution >= 0.6 is 11.8 Å². The zero-order chi connectivity index (χ0) is 16.2. The van der Waals surface area contributed by atoms with Crippen LogP contribution in [0.25, 0.3) is 6.08 Å². The van der Waals surface area contributed by atoms with Gasteiger partial charge in [0, 0.05) is 19.0 Å². The zero-order valence-corrected chi connectivity index (χ0v) is 13.5. The highest BCUT2D eigenvalue weighted by Crippen LogP contribution is 2.32. The number of imide groups is 1. The predicted molar refractivity (Wildman–Crippen MR) is 89.5 cm³/mol. The Labute approximate surface area is 139 Å². The van der Waals surface area contributed by atoms with Crippen LogP contribution < -0.4 is 5.32 Å². The summed E-state index contributed by atoms with van der Waals surface area (Å²) in [6, 6.07) is 9.42. The second-order valence-corrected chi connectivity index (χ2v) is 6.66. The highest BCUT2D eigenvalue weighted by atomic mass is 32.2. The van der Waals surface area contributed by atoms with Gasteiger partial charge in [-0.05, 0) is 36.2 Å². The molecular weight excluding hydrogens is 312 g/mol. The van der Waals surface area contributed by atoms with E-state index < -0.39 is 0 Å². The Hall–Kier alpha value is -2.08. The molecule has 3 rings (SSSR count). The van der Waals surface area contributed by atoms with E-state index in [1.54, 1.807) is 6.08 Å². The molecule has 0 aromatic heterocycles. The first-order valence-corrected chi connectivity index (χ1v) is 8.55. The molecule has 1 aromatic carbocycles. The number of carbonyl (C=O) groups excluding carboxylic acids is 3. The molecule has 2 fully saturated rings. The van der Waals surface area contributed by atoms with Crippen LogP contribution in [0.15, 0.2) is 35.2 Å². The number of carbonyl (C=O) groups is 3. The van der Waals surface area contributed by atoms with Gasteiger partial charge in [0.25, 0.3) is 11.1 Å². The molecule has 0 spiro atoms. The first-order valence-electron chi connectivity index (χ1n) is 7.73. The van der Waals surface area contributed by atoms with Crippen LogP contribution in [0.5, 0.6) is 0 Å². The maximum Gasteiger partial charge on any atom is 0.293 e. The molecule has 0 bridgehead atoms. The first kappa shape index (κ1) is 15.8. The lowest BCUT2D eigenvalue weighted by Crippen LogP contribution is -2.40. The Balaban J connectivity index is 1.56. The van der Waals surface area contributed by atoms with Gasteiger partial charge in [-0.2, -0.15) is 0 Å². The van der Waals surface area contributed by atoms with Crippen LogP contribution in [-0.4, -0.2) is 35.0 Å². The lowest BCUT2D eigenvalue weighted by molar-refractivity contribution is -0.128. The quantitative estimate of drug-likeness (QED) is 0.843. The molecule has 1 aromatic rings. The van der Waals surface area contributed by atoms with Crippen LogP contribution in [-0.2, 0) is 9.59 Å². The van der Waals surface area contributed by atoms with Crippen molar-refractivity contribution in [1.29, 1.82) is 0 Å². The molecule has 23 heavy (non-hydrogen) atoms. The maximum atomic E-state index is 12.3. The number of hydrogen-bond donors (Lipinski definition) is 1. The van der Waals surface area contributed by atoms with Crippen molar-refractivity contribution < 1.29 is 14.4 Å². The van der Waals surface area contributed by atoms with E-state index in [4.69, 9.17) is 0 Å². The summed E-state index contributed by atoms with van der Waals surface area (Å²) >= 11 is 0.943. The largest absolute Gasteiger partial charge is 0.354 e. The molecule has 6 heteroatoms. The highest BCUT2D eigenvalue weighted by molar-refractivity contribution is 8.18. The standard InChI is InChI=1S/C17H18N2O3S/c20-15(13-7-4-8-13)18-9-10-19-16(21)14(23-17(19)22)11-12-5-2-1-3-6-12/h1-3,5-6,11,13H,4,7-10H2,(H,18,20). The van der Waals surface area contributed by atoms with Crippen molar-refractivity contribution in [2.75, 3.05) is 13.1 Å². The van der Waals surface area contributed by atoms with E-state index in [9.17, 15) is 14.4 Å². The smallest absolute Gasteiger partial charge is 0.293 e. The second-order valence-electron chi connectivity index (χ2n) is 5.66. The number of hydrogen-bond acceptors (Lipinski definition) is 4. The third-order valence-corrected chi connectivity index (χ3v) is 4.99. The minimum absolute atomic E-state index is 0.0306. The van der Waals surface area contributed by atoms with Gasteiger partial charge in [0.15, 0.2) is 0 Å². The third kappa shape index (κ3) is 3.64. The van der Waals surface area contributed by atoms with Gasteiger partial charge in [-0.1, -0.05) is 36.8 Å². The van der Waals surface area contributed by atoms with Gasteiger partial charge in [0.05, 0.1) is 4.91 Å². The van der Waals surface area contributed by atoms with Crippen LogP contribution in [0.1, 0.15) is 24.8 Å². The number of thioether (sulfide) groups is 1. The summed E-state index contributed by atoms with van der Waals surface area (Å²) in [5, 5.41) is 2.52. The van der Waals surface area contributed by atoms with E-state index >= 15 is 0 Å². The van der Waals surface area contributed by atoms with Gasteiger partial charge in [-0.3, -0.25) is 19.3 Å². The number of amides is 3. The zero-order valence-electron chi connectivity index (χ0n) is 12.7. The second kappa shape index (κ2) is 7.00. The monoisotopic (exact) mass is 330 g/mol. The van der Waals surface area contributed by atoms with Crippen LogP contribution in [0, 0.1) is 5.92 Å². The Kier molecular flexibility index (Phi) is 4.81. The lowest BCUT2D eigenvalue weighted by atomic mass is 9.85. The number of nitrogens with one attached hydrogen (secondary N) is 1. The topological polar surface area (TPSA) is 66.5 Å². The fourth-order valence-electron chi connectivity index (χ4n) is 2.50. The van der Waals surface area contributed by atoms with Crippen LogP contribution in [0.2, 0.25) is 0 Å². The Bertz CT molecular complexity index is 653. The van der Waals surface area contributed by atoms with Crippen molar-refractivity contribution in [2.24, 2.45) is 5.92 Å². The van der Waals surface area contributed by atoms with E-state index in [2.05, 4.69) is 5.32 Å². The average molecular weight is 330 g/mol. The van der Waals surface area contributed by atoms with Crippen molar-refractivity contribution in [2.45, 2.75) is 19.3 Å². The molecule has 1 aliphatic carbocycles. The molecule has 0 unspecified atom stereocenters. The molecule has 3 amide bonds. The predicted octanol–water partition coefficient (Wildman–Crippen LogP) is 2.64. The Morgan fingerprint density at radius 1 is 1.26 bits per heavy atom. The Morgan fingerprint density at radius 2 is 2.00 bits per heavy atom. The van der Waals surface area contributed by atoms with Gasteiger partial charge >= 0.3 is 0 Å². The van der Waals surface area contributed by atoms with Gasteiger partial charge < -0.3 is 5.32 Å². The fourth-order valence-corrected chi connectivity index (χ4v) is 3.36. The molecule has 0 radical (unpaired) electrons. The van der Waals surface area contributed by atoms with Gasteiger partial charge in [-0.15, -0.1) is 0 Å². The van der Waals surface area contributed by atoms with Gasteiger partial charge in [-0.25, -0.2) is 0 Å². The molecular formula is C17H18N2O3S. The summed E-state index contributed by atoms with van der Waals surface area (Å²) in [6.07, 6.45) is 4.70. The van der Waals surface area contributed by atoms with Crippen molar-refractivity contribution in [3.63, 3.8) is 0 Å². The molecule has 1 N–H and O–H groups in total. The molecule has 1 saturated carbocycles. The molecule has 5 nitrogen and oxygen atoms in total. The highest BCUT2D eigenvalue weighted by Gasteiger charge is 2.34. The fraction of sp³-hybridized carbons (Fsp3) is 0.353. The SMILES string of the molecule is O=C(NCCN1C(=O)SC(=Cc2ccccc2)C1=O)C1CCC1. The van der Waals surface area contributed by atoms with E-state index in [0.717, 1.165) is 36.6 Å². The normalized spacial score (nSPS) is 20.0. The summed E-state index contributed by atoms with van der Waals surface area (Å²) in [5.74, 6) is -0.146. The summed E-state index contributed by atoms with van der Waals surface area (Å²) in [7, 11) is 0. The molecule has 0 atom stereocenters. The van der Waals surface area contributed by atoms with Gasteiger partial charge in [0.1, 0.15) is 0 Å². The molecule has 2 aliphatic rings. The van der Waals surface area contributed by atoms with Gasteiger partial charge in [0.2, 0.25) is 5.91 Å². The van der Waals surface area contributed by atoms with Crippen molar-refractivity contribution in [1.82, 2.24) is 10.2 Å². The Morgan fingerprint density at radius 3 is 2.65 bits per heavy atom. The summed E-state index contributed by atoms with van der Waals surface area (Å²) in [6.45, 7) is 0.529. The molecule has 1 aliphatic heterocycles. The minimum Gasteiger partial charge on any atom is -0.354 e. The summed E-state index contributed by atoms with van der Waals surface area (Å²) in [4.78, 5) is 37.6. The molecule has 1 heterocycles. The van der Waals surface area contributed by atoms with Crippen molar-refractivity contribution in [3.8, 4) is 0 Å². The molecule has 120 valence electrons. The van der Waals surface area contributed by atoms with Crippen molar-refractivity contribution >= 4 is 34.9 Å². The first-order chi connectivity index (χ1) is 11.1. The minimum atomic E-state index is -0.290. The number of nitrogens with zero attached hydrogens (tertiary/aromatic N) is 1. The van der Waals surface area contributed by atoms with Crippen LogP contribution in [0.4, 0.5) is 4.79 Å². The summed E-state index contributed by atoms with van der Waals surface area (Å²) in [5.41, 5.74) is 0.885.